The third-order valence-corrected chi connectivity index (χ3v) is 15.8. The van der Waals surface area contributed by atoms with Gasteiger partial charge in [-0.1, -0.05) is 89.1 Å². The molecule has 0 saturated heterocycles. The van der Waals surface area contributed by atoms with Crippen LogP contribution in [0.15, 0.2) is 107 Å². The van der Waals surface area contributed by atoms with Crippen LogP contribution in [0.3, 0.4) is 0 Å². The quantitative estimate of drug-likeness (QED) is 0.107. The number of aryl methyl sites for hydroxylation is 1. The first-order chi connectivity index (χ1) is 32.5. The van der Waals surface area contributed by atoms with Crippen molar-refractivity contribution in [2.45, 2.75) is 62.2 Å². The molecule has 0 radical (unpaired) electrons. The zero-order chi connectivity index (χ0) is 48.4. The number of ether oxygens (including phenoxy) is 3. The molecule has 6 aromatic rings. The average molecular weight is 994 g/mol. The number of anilines is 2. The minimum Gasteiger partial charge on any atom is -0.489 e. The number of aromatic nitrogens is 1. The number of nitriles is 1. The van der Waals surface area contributed by atoms with Gasteiger partial charge in [0.25, 0.3) is 15.9 Å². The number of thiazole rings is 1. The number of nitrogens with zero attached hydrogens (tertiary/aromatic N) is 4. The van der Waals surface area contributed by atoms with Crippen LogP contribution in [0.2, 0.25) is 10.0 Å². The van der Waals surface area contributed by atoms with Gasteiger partial charge in [0.2, 0.25) is 17.9 Å². The van der Waals surface area contributed by atoms with Gasteiger partial charge in [0.1, 0.15) is 30.2 Å². The number of esters is 1. The molecule has 0 aliphatic carbocycles. The first-order valence-electron chi connectivity index (χ1n) is 21.0. The molecular weight excluding hydrogens is 952 g/mol. The maximum Gasteiger partial charge on any atom is 0.328 e. The van der Waals surface area contributed by atoms with E-state index >= 15 is 0 Å². The van der Waals surface area contributed by atoms with Crippen molar-refractivity contribution in [3.63, 3.8) is 0 Å². The van der Waals surface area contributed by atoms with E-state index in [1.807, 2.05) is 24.3 Å². The lowest BCUT2D eigenvalue weighted by molar-refractivity contribution is -0.145. The standard InChI is InChI=1S/C49H42Cl2N6O9S2/c1-27-48(67-49(53-27)54-28(2)58)68(62,63)57-25-36-23-43-41(56(3)46(60)44(66-43)34-14-16-37(17-15-34)65-26-31-9-18-38(50)39(51)19-31)21-35(36)22-42(57)45(59)55-40(47(61)64-4)20-29-5-10-32(11-6-29)33-12-7-30(24-52)8-13-33/h5-19,21,23,40,42,44H,20,22,25-26H2,1-4H3,(H,55,59)(H,53,54,58)/t40-,42?,44?/m0/s1. The molecule has 0 bridgehead atoms. The predicted octanol–water partition coefficient (Wildman–Crippen LogP) is 7.95. The molecule has 15 nitrogen and oxygen atoms in total. The fourth-order valence-electron chi connectivity index (χ4n) is 7.97. The molecule has 0 saturated carbocycles. The summed E-state index contributed by atoms with van der Waals surface area (Å²) in [4.78, 5) is 59.4. The van der Waals surface area contributed by atoms with Crippen molar-refractivity contribution >= 4 is 79.1 Å². The molecule has 3 amide bonds. The minimum atomic E-state index is -4.51. The van der Waals surface area contributed by atoms with Crippen LogP contribution in [-0.4, -0.2) is 67.6 Å². The molecule has 3 heterocycles. The number of rotatable bonds is 13. The van der Waals surface area contributed by atoms with Gasteiger partial charge in [0, 0.05) is 32.5 Å². The SMILES string of the molecule is COC(=O)[C@H](Cc1ccc(-c2ccc(C#N)cc2)cc1)NC(=O)C1Cc2cc3c(cc2CN1S(=O)(=O)c1sc(NC(C)=O)nc1C)OC(c1ccc(OCc2ccc(Cl)c(Cl)c2)cc1)C(=O)N3C. The Hall–Kier alpha value is -6.81. The molecule has 0 spiro atoms. The molecular formula is C49H42Cl2N6O9S2. The maximum atomic E-state index is 14.8. The molecule has 348 valence electrons. The van der Waals surface area contributed by atoms with E-state index in [1.54, 1.807) is 85.9 Å². The first kappa shape index (κ1) is 47.7. The van der Waals surface area contributed by atoms with Crippen LogP contribution in [0, 0.1) is 18.3 Å². The number of carbonyl (C=O) groups excluding carboxylic acids is 4. The highest BCUT2D eigenvalue weighted by molar-refractivity contribution is 7.91. The van der Waals surface area contributed by atoms with Gasteiger partial charge in [-0.2, -0.15) is 9.57 Å². The van der Waals surface area contributed by atoms with E-state index in [9.17, 15) is 32.9 Å². The van der Waals surface area contributed by atoms with Crippen LogP contribution < -0.4 is 25.0 Å². The number of amides is 3. The largest absolute Gasteiger partial charge is 0.489 e. The highest BCUT2D eigenvalue weighted by Crippen LogP contribution is 2.43. The van der Waals surface area contributed by atoms with Gasteiger partial charge in [0.05, 0.1) is 40.2 Å². The number of fused-ring (bicyclic) bond motifs is 2. The van der Waals surface area contributed by atoms with Crippen LogP contribution in [0.5, 0.6) is 11.5 Å². The number of hydrogen-bond acceptors (Lipinski definition) is 12. The number of sulfonamides is 1. The van der Waals surface area contributed by atoms with E-state index < -0.39 is 46.0 Å². The van der Waals surface area contributed by atoms with Crippen molar-refractivity contribution in [3.8, 4) is 28.7 Å². The van der Waals surface area contributed by atoms with E-state index in [-0.39, 0.29) is 46.9 Å². The normalized spacial score (nSPS) is 16.1. The van der Waals surface area contributed by atoms with E-state index in [4.69, 9.17) is 37.4 Å². The van der Waals surface area contributed by atoms with E-state index in [1.165, 1.54) is 25.9 Å². The van der Waals surface area contributed by atoms with E-state index in [2.05, 4.69) is 21.7 Å². The minimum absolute atomic E-state index is 0.0174. The fourth-order valence-corrected chi connectivity index (χ4v) is 11.4. The summed E-state index contributed by atoms with van der Waals surface area (Å²) in [6.45, 7) is 2.70. The number of halogens is 2. The summed E-state index contributed by atoms with van der Waals surface area (Å²) in [6, 6.07) is 29.4. The number of carbonyl (C=O) groups is 4. The summed E-state index contributed by atoms with van der Waals surface area (Å²) in [5.74, 6) is -1.47. The van der Waals surface area contributed by atoms with Gasteiger partial charge in [-0.3, -0.25) is 14.4 Å². The fraction of sp³-hybridized carbons (Fsp3) is 0.224. The molecule has 2 N–H and O–H groups in total. The molecule has 0 fully saturated rings. The van der Waals surface area contributed by atoms with Gasteiger partial charge < -0.3 is 29.7 Å². The van der Waals surface area contributed by atoms with Crippen molar-refractivity contribution in [2.24, 2.45) is 0 Å². The van der Waals surface area contributed by atoms with Crippen molar-refractivity contribution in [1.29, 1.82) is 5.26 Å². The number of hydrogen-bond donors (Lipinski definition) is 2. The van der Waals surface area contributed by atoms with Crippen molar-refractivity contribution in [1.82, 2.24) is 14.6 Å². The van der Waals surface area contributed by atoms with Crippen molar-refractivity contribution < 1.29 is 41.8 Å². The molecule has 2 aliphatic heterocycles. The average Bonchev–Trinajstić information content (AvgIpc) is 3.71. The van der Waals surface area contributed by atoms with Crippen LogP contribution in [0.1, 0.15) is 52.1 Å². The Balaban J connectivity index is 1.07. The summed E-state index contributed by atoms with van der Waals surface area (Å²) < 4.78 is 47.8. The lowest BCUT2D eigenvalue weighted by Crippen LogP contribution is -2.56. The number of nitrogens with one attached hydrogen (secondary N) is 2. The second kappa shape index (κ2) is 19.8. The Bertz CT molecular complexity index is 3110. The van der Waals surface area contributed by atoms with E-state index in [0.29, 0.717) is 55.0 Å². The molecule has 5 aromatic carbocycles. The molecule has 2 aliphatic rings. The third kappa shape index (κ3) is 10.1. The van der Waals surface area contributed by atoms with Crippen LogP contribution in [0.4, 0.5) is 10.8 Å². The maximum absolute atomic E-state index is 14.8. The molecule has 1 aromatic heterocycles. The summed E-state index contributed by atoms with van der Waals surface area (Å²) in [5, 5.41) is 15.4. The molecule has 68 heavy (non-hydrogen) atoms. The predicted molar refractivity (Wildman–Crippen MR) is 256 cm³/mol. The Morgan fingerprint density at radius 1 is 0.941 bits per heavy atom. The van der Waals surface area contributed by atoms with Gasteiger partial charge in [-0.05, 0) is 95.3 Å². The van der Waals surface area contributed by atoms with Crippen LogP contribution in [-0.2, 0) is 59.9 Å². The van der Waals surface area contributed by atoms with Gasteiger partial charge in [-0.15, -0.1) is 0 Å². The Morgan fingerprint density at radius 3 is 2.26 bits per heavy atom. The van der Waals surface area contributed by atoms with Crippen molar-refractivity contribution in [3.05, 3.63) is 152 Å². The Labute approximate surface area is 406 Å². The monoisotopic (exact) mass is 992 g/mol. The van der Waals surface area contributed by atoms with Crippen molar-refractivity contribution in [2.75, 3.05) is 24.4 Å². The number of likely N-dealkylation sites (N-methyl/N-ethyl adjacent to an activating group) is 1. The number of benzene rings is 5. The summed E-state index contributed by atoms with van der Waals surface area (Å²) in [7, 11) is -1.71. The van der Waals surface area contributed by atoms with Crippen LogP contribution >= 0.6 is 34.5 Å². The van der Waals surface area contributed by atoms with E-state index in [0.717, 1.165) is 32.3 Å². The summed E-state index contributed by atoms with van der Waals surface area (Å²) in [5.41, 5.74) is 5.94. The molecule has 3 atom stereocenters. The second-order valence-electron chi connectivity index (χ2n) is 16.1. The lowest BCUT2D eigenvalue weighted by Gasteiger charge is -2.38. The first-order valence-corrected chi connectivity index (χ1v) is 24.1. The topological polar surface area (TPSA) is 197 Å². The van der Waals surface area contributed by atoms with Crippen LogP contribution in [0.25, 0.3) is 11.1 Å². The summed E-state index contributed by atoms with van der Waals surface area (Å²) in [6.07, 6.45) is -1.18. The zero-order valence-corrected chi connectivity index (χ0v) is 40.1. The van der Waals surface area contributed by atoms with Gasteiger partial charge in [0.15, 0.2) is 9.34 Å². The zero-order valence-electron chi connectivity index (χ0n) is 36.9. The second-order valence-corrected chi connectivity index (χ2v) is 20.0. The Morgan fingerprint density at radius 2 is 1.62 bits per heavy atom. The Kier molecular flexibility index (Phi) is 13.9. The summed E-state index contributed by atoms with van der Waals surface area (Å²) >= 11 is 13.0. The molecule has 19 heteroatoms. The van der Waals surface area contributed by atoms with Gasteiger partial charge in [-0.25, -0.2) is 18.2 Å². The highest BCUT2D eigenvalue weighted by atomic mass is 35.5. The highest BCUT2D eigenvalue weighted by Gasteiger charge is 2.44. The van der Waals surface area contributed by atoms with Gasteiger partial charge >= 0.3 is 5.97 Å². The smallest absolute Gasteiger partial charge is 0.328 e. The lowest BCUT2D eigenvalue weighted by atomic mass is 9.93. The third-order valence-electron chi connectivity index (χ3n) is 11.5. The molecule has 2 unspecified atom stereocenters. The molecule has 8 rings (SSSR count). The number of methoxy groups -OCH3 is 1.